The van der Waals surface area contributed by atoms with Crippen LogP contribution in [0.5, 0.6) is 0 Å². The van der Waals surface area contributed by atoms with Gasteiger partial charge in [-0.15, -0.1) is 0 Å². The number of imidazole rings is 1. The maximum Gasteiger partial charge on any atom is 0.356 e. The summed E-state index contributed by atoms with van der Waals surface area (Å²) in [4.78, 5) is 18.4. The maximum atomic E-state index is 11.3. The van der Waals surface area contributed by atoms with Gasteiger partial charge >= 0.3 is 5.97 Å². The molecule has 0 atom stereocenters. The zero-order chi connectivity index (χ0) is 12.6. The fraction of sp³-hybridized carbons (Fsp3) is 0.364. The number of hydrogen-bond donors (Lipinski definition) is 1. The smallest absolute Gasteiger partial charge is 0.356 e. The monoisotopic (exact) mass is 234 g/mol. The number of H-pyrrole nitrogens is 1. The van der Waals surface area contributed by atoms with Gasteiger partial charge in [-0.3, -0.25) is 4.68 Å². The fourth-order valence-corrected chi connectivity index (χ4v) is 1.78. The number of methoxy groups -OCH3 is 1. The molecule has 2 aromatic rings. The molecule has 6 nitrogen and oxygen atoms in total. The molecule has 90 valence electrons. The molecule has 0 aromatic carbocycles. The highest BCUT2D eigenvalue weighted by Crippen LogP contribution is 2.23. The van der Waals surface area contributed by atoms with Crippen LogP contribution in [-0.2, 0) is 11.8 Å². The summed E-state index contributed by atoms with van der Waals surface area (Å²) < 4.78 is 6.40. The lowest BCUT2D eigenvalue weighted by atomic mass is 10.2. The molecule has 0 bridgehead atoms. The minimum absolute atomic E-state index is 0.338. The highest BCUT2D eigenvalue weighted by Gasteiger charge is 2.16. The lowest BCUT2D eigenvalue weighted by molar-refractivity contribution is 0.0595. The number of carbonyl (C=O) groups is 1. The Morgan fingerprint density at radius 2 is 2.18 bits per heavy atom. The normalized spacial score (nSPS) is 10.6. The van der Waals surface area contributed by atoms with E-state index in [1.54, 1.807) is 4.68 Å². The highest BCUT2D eigenvalue weighted by molar-refractivity contribution is 5.87. The Morgan fingerprint density at radius 1 is 1.47 bits per heavy atom. The number of aromatic amines is 1. The Balaban J connectivity index is 2.47. The molecule has 6 heteroatoms. The average molecular weight is 234 g/mol. The summed E-state index contributed by atoms with van der Waals surface area (Å²) in [5.41, 5.74) is 3.12. The molecule has 0 saturated carbocycles. The number of rotatable bonds is 2. The molecular formula is C11H14N4O2. The Morgan fingerprint density at radius 3 is 2.71 bits per heavy atom. The van der Waals surface area contributed by atoms with E-state index in [0.717, 1.165) is 17.0 Å². The zero-order valence-corrected chi connectivity index (χ0v) is 10.2. The summed E-state index contributed by atoms with van der Waals surface area (Å²) >= 11 is 0. The minimum Gasteiger partial charge on any atom is -0.464 e. The van der Waals surface area contributed by atoms with Gasteiger partial charge in [0.2, 0.25) is 0 Å². The Hall–Kier alpha value is -2.11. The predicted molar refractivity (Wildman–Crippen MR) is 61.6 cm³/mol. The third-order valence-corrected chi connectivity index (χ3v) is 2.73. The SMILES string of the molecule is COC(=O)c1cnc(-c2c(C)nn(C)c2C)[nH]1. The van der Waals surface area contributed by atoms with E-state index in [4.69, 9.17) is 0 Å². The molecule has 1 N–H and O–H groups in total. The van der Waals surface area contributed by atoms with Crippen LogP contribution in [0.25, 0.3) is 11.4 Å². The molecule has 17 heavy (non-hydrogen) atoms. The molecule has 2 aromatic heterocycles. The first-order valence-corrected chi connectivity index (χ1v) is 5.18. The highest BCUT2D eigenvalue weighted by atomic mass is 16.5. The molecule has 0 unspecified atom stereocenters. The van der Waals surface area contributed by atoms with Crippen molar-refractivity contribution in [2.45, 2.75) is 13.8 Å². The van der Waals surface area contributed by atoms with E-state index in [9.17, 15) is 4.79 Å². The third-order valence-electron chi connectivity index (χ3n) is 2.73. The lowest BCUT2D eigenvalue weighted by Crippen LogP contribution is -2.01. The molecule has 0 saturated heterocycles. The quantitative estimate of drug-likeness (QED) is 0.793. The second-order valence-electron chi connectivity index (χ2n) is 3.81. The van der Waals surface area contributed by atoms with E-state index in [1.165, 1.54) is 13.3 Å². The van der Waals surface area contributed by atoms with E-state index in [2.05, 4.69) is 19.8 Å². The molecule has 0 aliphatic carbocycles. The topological polar surface area (TPSA) is 72.8 Å². The van der Waals surface area contributed by atoms with Crippen molar-refractivity contribution < 1.29 is 9.53 Å². The van der Waals surface area contributed by atoms with Crippen LogP contribution < -0.4 is 0 Å². The van der Waals surface area contributed by atoms with Crippen LogP contribution in [0, 0.1) is 13.8 Å². The average Bonchev–Trinajstić information content (AvgIpc) is 2.85. The van der Waals surface area contributed by atoms with Crippen LogP contribution in [0.15, 0.2) is 6.20 Å². The number of nitrogens with one attached hydrogen (secondary N) is 1. The van der Waals surface area contributed by atoms with Gasteiger partial charge in [-0.2, -0.15) is 5.10 Å². The Bertz CT molecular complexity index is 568. The number of aryl methyl sites for hydroxylation is 2. The summed E-state index contributed by atoms with van der Waals surface area (Å²) in [7, 11) is 3.21. The Kier molecular flexibility index (Phi) is 2.71. The number of carbonyl (C=O) groups excluding carboxylic acids is 1. The van der Waals surface area contributed by atoms with Gasteiger partial charge in [-0.1, -0.05) is 0 Å². The van der Waals surface area contributed by atoms with E-state index in [-0.39, 0.29) is 0 Å². The first-order chi connectivity index (χ1) is 8.04. The summed E-state index contributed by atoms with van der Waals surface area (Å²) in [5.74, 6) is 0.205. The van der Waals surface area contributed by atoms with E-state index >= 15 is 0 Å². The minimum atomic E-state index is -0.428. The predicted octanol–water partition coefficient (Wildman–Crippen LogP) is 1.21. The van der Waals surface area contributed by atoms with Crippen LogP contribution in [0.4, 0.5) is 0 Å². The van der Waals surface area contributed by atoms with E-state index in [0.29, 0.717) is 11.5 Å². The summed E-state index contributed by atoms with van der Waals surface area (Å²) in [6.45, 7) is 3.86. The van der Waals surface area contributed by atoms with Gasteiger partial charge in [0.1, 0.15) is 11.5 Å². The molecule has 0 fully saturated rings. The summed E-state index contributed by atoms with van der Waals surface area (Å²) in [5, 5.41) is 4.30. The molecule has 0 aliphatic heterocycles. The molecule has 0 amide bonds. The van der Waals surface area contributed by atoms with Crippen molar-refractivity contribution in [3.63, 3.8) is 0 Å². The molecule has 2 heterocycles. The number of aromatic nitrogens is 4. The molecule has 0 aliphatic rings. The van der Waals surface area contributed by atoms with Crippen LogP contribution in [0.2, 0.25) is 0 Å². The third kappa shape index (κ3) is 1.82. The standard InChI is InChI=1S/C11H14N4O2/c1-6-9(7(2)15(3)14-6)10-12-5-8(13-10)11(16)17-4/h5H,1-4H3,(H,12,13). The number of nitrogens with zero attached hydrogens (tertiary/aromatic N) is 3. The van der Waals surface area contributed by atoms with Gasteiger partial charge in [-0.05, 0) is 13.8 Å². The van der Waals surface area contributed by atoms with Crippen LogP contribution in [-0.4, -0.2) is 32.8 Å². The summed E-state index contributed by atoms with van der Waals surface area (Å²) in [6.07, 6.45) is 1.47. The second-order valence-corrected chi connectivity index (χ2v) is 3.81. The fourth-order valence-electron chi connectivity index (χ4n) is 1.78. The van der Waals surface area contributed by atoms with Gasteiger partial charge in [0.25, 0.3) is 0 Å². The van der Waals surface area contributed by atoms with Gasteiger partial charge in [-0.25, -0.2) is 9.78 Å². The number of esters is 1. The zero-order valence-electron chi connectivity index (χ0n) is 10.2. The van der Waals surface area contributed by atoms with E-state index < -0.39 is 5.97 Å². The summed E-state index contributed by atoms with van der Waals surface area (Å²) in [6, 6.07) is 0. The van der Waals surface area contributed by atoms with Crippen molar-refractivity contribution in [1.29, 1.82) is 0 Å². The Labute approximate surface area is 98.6 Å². The first kappa shape index (κ1) is 11.4. The van der Waals surface area contributed by atoms with Crippen LogP contribution in [0.3, 0.4) is 0 Å². The van der Waals surface area contributed by atoms with Crippen molar-refractivity contribution >= 4 is 5.97 Å². The molecule has 0 radical (unpaired) electrons. The molecule has 2 rings (SSSR count). The number of ether oxygens (including phenoxy) is 1. The van der Waals surface area contributed by atoms with Crippen molar-refractivity contribution in [2.75, 3.05) is 7.11 Å². The van der Waals surface area contributed by atoms with Gasteiger partial charge in [0.15, 0.2) is 0 Å². The molecule has 0 spiro atoms. The van der Waals surface area contributed by atoms with Gasteiger partial charge in [0, 0.05) is 12.7 Å². The van der Waals surface area contributed by atoms with Crippen molar-refractivity contribution in [2.24, 2.45) is 7.05 Å². The van der Waals surface area contributed by atoms with Gasteiger partial charge < -0.3 is 9.72 Å². The van der Waals surface area contributed by atoms with E-state index in [1.807, 2.05) is 20.9 Å². The van der Waals surface area contributed by atoms with Gasteiger partial charge in [0.05, 0.1) is 24.6 Å². The second kappa shape index (κ2) is 4.04. The van der Waals surface area contributed by atoms with Crippen LogP contribution in [0.1, 0.15) is 21.9 Å². The molecular weight excluding hydrogens is 220 g/mol. The number of hydrogen-bond acceptors (Lipinski definition) is 4. The lowest BCUT2D eigenvalue weighted by Gasteiger charge is -1.97. The van der Waals surface area contributed by atoms with Crippen molar-refractivity contribution in [1.82, 2.24) is 19.7 Å². The van der Waals surface area contributed by atoms with Crippen molar-refractivity contribution in [3.8, 4) is 11.4 Å². The largest absolute Gasteiger partial charge is 0.464 e. The van der Waals surface area contributed by atoms with Crippen molar-refractivity contribution in [3.05, 3.63) is 23.3 Å². The van der Waals surface area contributed by atoms with Crippen LogP contribution >= 0.6 is 0 Å². The maximum absolute atomic E-state index is 11.3. The first-order valence-electron chi connectivity index (χ1n) is 5.18.